The van der Waals surface area contributed by atoms with Gasteiger partial charge in [0.2, 0.25) is 5.91 Å². The SMILES string of the molecule is CC(C)C(N)CNC(=O)C12CC3CC(CC(C3)C1)C2. The smallest absolute Gasteiger partial charge is 0.226 e. The second kappa shape index (κ2) is 4.76. The molecule has 4 bridgehead atoms. The fourth-order valence-electron chi connectivity index (χ4n) is 5.02. The van der Waals surface area contributed by atoms with Crippen LogP contribution < -0.4 is 11.1 Å². The maximum Gasteiger partial charge on any atom is 0.226 e. The first kappa shape index (κ1) is 13.4. The fraction of sp³-hybridized carbons (Fsp3) is 0.938. The van der Waals surface area contributed by atoms with E-state index in [0.717, 1.165) is 37.0 Å². The summed E-state index contributed by atoms with van der Waals surface area (Å²) in [6.45, 7) is 4.86. The molecule has 3 N–H and O–H groups in total. The van der Waals surface area contributed by atoms with Gasteiger partial charge >= 0.3 is 0 Å². The summed E-state index contributed by atoms with van der Waals surface area (Å²) in [6.07, 6.45) is 7.58. The van der Waals surface area contributed by atoms with Gasteiger partial charge in [-0.05, 0) is 62.2 Å². The van der Waals surface area contributed by atoms with Crippen LogP contribution in [0.25, 0.3) is 0 Å². The van der Waals surface area contributed by atoms with E-state index in [1.165, 1.54) is 19.3 Å². The molecule has 4 saturated carbocycles. The van der Waals surface area contributed by atoms with Crippen LogP contribution in [-0.4, -0.2) is 18.5 Å². The predicted octanol–water partition coefficient (Wildman–Crippen LogP) is 2.30. The molecule has 1 atom stereocenters. The van der Waals surface area contributed by atoms with E-state index in [1.807, 2.05) is 0 Å². The van der Waals surface area contributed by atoms with Gasteiger partial charge in [-0.1, -0.05) is 13.8 Å². The van der Waals surface area contributed by atoms with Crippen LogP contribution in [0.15, 0.2) is 0 Å². The van der Waals surface area contributed by atoms with Crippen molar-refractivity contribution in [1.29, 1.82) is 0 Å². The topological polar surface area (TPSA) is 55.1 Å². The molecule has 0 spiro atoms. The van der Waals surface area contributed by atoms with Crippen molar-refractivity contribution in [1.82, 2.24) is 5.32 Å². The predicted molar refractivity (Wildman–Crippen MR) is 76.4 cm³/mol. The second-order valence-electron chi connectivity index (χ2n) is 7.82. The molecule has 4 aliphatic carbocycles. The van der Waals surface area contributed by atoms with E-state index >= 15 is 0 Å². The van der Waals surface area contributed by atoms with Crippen LogP contribution in [0.5, 0.6) is 0 Å². The summed E-state index contributed by atoms with van der Waals surface area (Å²) < 4.78 is 0. The average molecular weight is 264 g/mol. The highest BCUT2D eigenvalue weighted by Gasteiger charge is 2.54. The Morgan fingerprint density at radius 1 is 1.16 bits per heavy atom. The molecular formula is C16H28N2O. The summed E-state index contributed by atoms with van der Waals surface area (Å²) in [6, 6.07) is 0.0814. The van der Waals surface area contributed by atoms with E-state index in [2.05, 4.69) is 19.2 Å². The molecule has 0 saturated heterocycles. The van der Waals surface area contributed by atoms with Crippen LogP contribution in [0.2, 0.25) is 0 Å². The molecular weight excluding hydrogens is 236 g/mol. The molecule has 108 valence electrons. The Hall–Kier alpha value is -0.570. The van der Waals surface area contributed by atoms with Crippen molar-refractivity contribution in [2.75, 3.05) is 6.54 Å². The quantitative estimate of drug-likeness (QED) is 0.818. The molecule has 4 aliphatic rings. The molecule has 4 fully saturated rings. The van der Waals surface area contributed by atoms with E-state index in [1.54, 1.807) is 0 Å². The highest BCUT2D eigenvalue weighted by molar-refractivity contribution is 5.83. The second-order valence-corrected chi connectivity index (χ2v) is 7.82. The van der Waals surface area contributed by atoms with Gasteiger partial charge < -0.3 is 11.1 Å². The third-order valence-electron chi connectivity index (χ3n) is 5.87. The summed E-state index contributed by atoms with van der Waals surface area (Å²) in [5, 5.41) is 3.16. The number of carbonyl (C=O) groups is 1. The van der Waals surface area contributed by atoms with Crippen LogP contribution in [-0.2, 0) is 4.79 Å². The number of hydrogen-bond donors (Lipinski definition) is 2. The molecule has 3 heteroatoms. The van der Waals surface area contributed by atoms with Gasteiger partial charge in [-0.3, -0.25) is 4.79 Å². The largest absolute Gasteiger partial charge is 0.354 e. The Labute approximate surface area is 116 Å². The minimum Gasteiger partial charge on any atom is -0.354 e. The molecule has 0 aromatic rings. The highest BCUT2D eigenvalue weighted by atomic mass is 16.2. The lowest BCUT2D eigenvalue weighted by atomic mass is 9.49. The summed E-state index contributed by atoms with van der Waals surface area (Å²) in [4.78, 5) is 12.7. The molecule has 0 aromatic heterocycles. The Balaban J connectivity index is 1.63. The monoisotopic (exact) mass is 264 g/mol. The Morgan fingerprint density at radius 2 is 1.63 bits per heavy atom. The van der Waals surface area contributed by atoms with Crippen molar-refractivity contribution < 1.29 is 4.79 Å². The molecule has 1 amide bonds. The summed E-state index contributed by atoms with van der Waals surface area (Å²) in [7, 11) is 0. The van der Waals surface area contributed by atoms with E-state index in [4.69, 9.17) is 5.73 Å². The Bertz CT molecular complexity index is 328. The van der Waals surface area contributed by atoms with Crippen molar-refractivity contribution >= 4 is 5.91 Å². The van der Waals surface area contributed by atoms with Crippen molar-refractivity contribution in [2.24, 2.45) is 34.8 Å². The van der Waals surface area contributed by atoms with Gasteiger partial charge in [0.1, 0.15) is 0 Å². The molecule has 1 unspecified atom stereocenters. The zero-order valence-electron chi connectivity index (χ0n) is 12.3. The standard InChI is InChI=1S/C16H28N2O/c1-10(2)14(17)9-18-15(19)16-6-11-3-12(7-16)5-13(4-11)8-16/h10-14H,3-9,17H2,1-2H3,(H,18,19). The molecule has 0 radical (unpaired) electrons. The first-order valence-electron chi connectivity index (χ1n) is 8.02. The normalized spacial score (nSPS) is 41.6. The van der Waals surface area contributed by atoms with Crippen LogP contribution in [0.4, 0.5) is 0 Å². The number of rotatable bonds is 4. The molecule has 0 heterocycles. The maximum atomic E-state index is 12.7. The van der Waals surface area contributed by atoms with Gasteiger partial charge in [0.05, 0.1) is 0 Å². The van der Waals surface area contributed by atoms with E-state index in [0.29, 0.717) is 18.4 Å². The van der Waals surface area contributed by atoms with E-state index in [-0.39, 0.29) is 11.5 Å². The molecule has 4 rings (SSSR count). The summed E-state index contributed by atoms with van der Waals surface area (Å²) in [5.74, 6) is 3.22. The first-order valence-corrected chi connectivity index (χ1v) is 8.02. The number of hydrogen-bond acceptors (Lipinski definition) is 2. The Kier molecular flexibility index (Phi) is 3.36. The highest BCUT2D eigenvalue weighted by Crippen LogP contribution is 2.60. The summed E-state index contributed by atoms with van der Waals surface area (Å²) in [5.41, 5.74) is 6.02. The number of nitrogens with one attached hydrogen (secondary N) is 1. The van der Waals surface area contributed by atoms with E-state index in [9.17, 15) is 4.79 Å². The zero-order chi connectivity index (χ0) is 13.6. The Morgan fingerprint density at radius 3 is 2.05 bits per heavy atom. The van der Waals surface area contributed by atoms with Gasteiger partial charge in [-0.15, -0.1) is 0 Å². The van der Waals surface area contributed by atoms with Crippen LogP contribution in [0, 0.1) is 29.1 Å². The van der Waals surface area contributed by atoms with Crippen molar-refractivity contribution in [3.63, 3.8) is 0 Å². The van der Waals surface area contributed by atoms with Crippen LogP contribution in [0.1, 0.15) is 52.4 Å². The number of nitrogens with two attached hydrogens (primary N) is 1. The summed E-state index contributed by atoms with van der Waals surface area (Å²) >= 11 is 0. The number of amides is 1. The van der Waals surface area contributed by atoms with Gasteiger partial charge in [-0.25, -0.2) is 0 Å². The van der Waals surface area contributed by atoms with Crippen LogP contribution in [0.3, 0.4) is 0 Å². The molecule has 19 heavy (non-hydrogen) atoms. The number of carbonyl (C=O) groups excluding carboxylic acids is 1. The van der Waals surface area contributed by atoms with Gasteiger partial charge in [0.25, 0.3) is 0 Å². The molecule has 3 nitrogen and oxygen atoms in total. The maximum absolute atomic E-state index is 12.7. The fourth-order valence-corrected chi connectivity index (χ4v) is 5.02. The third kappa shape index (κ3) is 2.42. The minimum atomic E-state index is -0.0224. The lowest BCUT2D eigenvalue weighted by molar-refractivity contribution is -0.146. The zero-order valence-corrected chi connectivity index (χ0v) is 12.3. The lowest BCUT2D eigenvalue weighted by Gasteiger charge is -2.55. The van der Waals surface area contributed by atoms with Gasteiger partial charge in [-0.2, -0.15) is 0 Å². The third-order valence-corrected chi connectivity index (χ3v) is 5.87. The van der Waals surface area contributed by atoms with Gasteiger partial charge in [0, 0.05) is 18.0 Å². The van der Waals surface area contributed by atoms with Gasteiger partial charge in [0.15, 0.2) is 0 Å². The molecule has 0 aliphatic heterocycles. The van der Waals surface area contributed by atoms with E-state index < -0.39 is 0 Å². The molecule has 0 aromatic carbocycles. The minimum absolute atomic E-state index is 0.0224. The average Bonchev–Trinajstić information content (AvgIpc) is 2.33. The lowest BCUT2D eigenvalue weighted by Crippen LogP contribution is -2.55. The van der Waals surface area contributed by atoms with Crippen LogP contribution >= 0.6 is 0 Å². The van der Waals surface area contributed by atoms with Crippen molar-refractivity contribution in [3.8, 4) is 0 Å². The van der Waals surface area contributed by atoms with Crippen molar-refractivity contribution in [2.45, 2.75) is 58.4 Å². The van der Waals surface area contributed by atoms with Crippen molar-refractivity contribution in [3.05, 3.63) is 0 Å². The first-order chi connectivity index (χ1) is 8.98.